The molecule has 0 spiro atoms. The number of pyridine rings is 1. The largest absolute Gasteiger partial charge is 0.367 e. The third kappa shape index (κ3) is 3.42. The van der Waals surface area contributed by atoms with E-state index in [0.29, 0.717) is 6.54 Å². The van der Waals surface area contributed by atoms with Crippen LogP contribution in [0.1, 0.15) is 37.0 Å². The summed E-state index contributed by atoms with van der Waals surface area (Å²) in [5.41, 5.74) is 5.47. The van der Waals surface area contributed by atoms with Gasteiger partial charge in [0.05, 0.1) is 0 Å². The third-order valence-electron chi connectivity index (χ3n) is 3.08. The molecular formula is C12H19N3O2. The third-order valence-corrected chi connectivity index (χ3v) is 3.08. The lowest BCUT2D eigenvalue weighted by molar-refractivity contribution is 0.0940. The minimum atomic E-state index is -0.406. The van der Waals surface area contributed by atoms with Crippen LogP contribution >= 0.6 is 0 Å². The van der Waals surface area contributed by atoms with Gasteiger partial charge in [0, 0.05) is 30.5 Å². The summed E-state index contributed by atoms with van der Waals surface area (Å²) in [7, 11) is 0. The lowest BCUT2D eigenvalue weighted by Crippen LogP contribution is -2.49. The van der Waals surface area contributed by atoms with E-state index in [1.165, 1.54) is 18.5 Å². The summed E-state index contributed by atoms with van der Waals surface area (Å²) in [5.74, 6) is -0.386. The highest BCUT2D eigenvalue weighted by molar-refractivity contribution is 5.93. The van der Waals surface area contributed by atoms with Gasteiger partial charge >= 0.3 is 0 Å². The molecule has 1 aromatic heterocycles. The quantitative estimate of drug-likeness (QED) is 0.701. The van der Waals surface area contributed by atoms with E-state index < -0.39 is 5.54 Å². The van der Waals surface area contributed by atoms with Crippen LogP contribution in [0.5, 0.6) is 0 Å². The number of rotatable bonds is 5. The molecule has 5 nitrogen and oxygen atoms in total. The van der Waals surface area contributed by atoms with Crippen molar-refractivity contribution in [2.45, 2.75) is 32.2 Å². The zero-order valence-electron chi connectivity index (χ0n) is 10.2. The number of nitrogens with two attached hydrogens (primary N) is 1. The number of aromatic nitrogens is 1. The predicted molar refractivity (Wildman–Crippen MR) is 66.9 cm³/mol. The number of hydrogen-bond acceptors (Lipinski definition) is 3. The van der Waals surface area contributed by atoms with E-state index in [0.717, 1.165) is 12.8 Å². The van der Waals surface area contributed by atoms with Crippen LogP contribution in [0.15, 0.2) is 23.3 Å². The molecule has 0 atom stereocenters. The van der Waals surface area contributed by atoms with E-state index in [1.54, 1.807) is 0 Å². The van der Waals surface area contributed by atoms with Crippen molar-refractivity contribution >= 4 is 5.91 Å². The molecule has 0 radical (unpaired) electrons. The molecule has 1 rings (SSSR count). The minimum Gasteiger partial charge on any atom is -0.367 e. The summed E-state index contributed by atoms with van der Waals surface area (Å²) < 4.78 is 0. The van der Waals surface area contributed by atoms with E-state index >= 15 is 0 Å². The normalized spacial score (nSPS) is 11.2. The summed E-state index contributed by atoms with van der Waals surface area (Å²) >= 11 is 0. The fraction of sp³-hybridized carbons (Fsp3) is 0.500. The van der Waals surface area contributed by atoms with E-state index in [2.05, 4.69) is 10.3 Å². The molecule has 94 valence electrons. The Kier molecular flexibility index (Phi) is 4.45. The number of carbonyl (C=O) groups is 1. The van der Waals surface area contributed by atoms with Crippen LogP contribution in [-0.2, 0) is 0 Å². The SMILES string of the molecule is CCC(N)(CC)CNC(=O)c1c[nH]ccc1=O. The monoisotopic (exact) mass is 237 g/mol. The summed E-state index contributed by atoms with van der Waals surface area (Å²) in [6.45, 7) is 4.32. The Bertz CT molecular complexity index is 435. The van der Waals surface area contributed by atoms with Crippen LogP contribution in [0.3, 0.4) is 0 Å². The highest BCUT2D eigenvalue weighted by Gasteiger charge is 2.21. The average Bonchev–Trinajstić information content (AvgIpc) is 2.36. The zero-order valence-corrected chi connectivity index (χ0v) is 10.2. The van der Waals surface area contributed by atoms with Gasteiger partial charge in [-0.2, -0.15) is 0 Å². The zero-order chi connectivity index (χ0) is 12.9. The lowest BCUT2D eigenvalue weighted by Gasteiger charge is -2.26. The van der Waals surface area contributed by atoms with Crippen molar-refractivity contribution in [3.05, 3.63) is 34.2 Å². The van der Waals surface area contributed by atoms with Gasteiger partial charge in [-0.3, -0.25) is 9.59 Å². The van der Waals surface area contributed by atoms with Crippen molar-refractivity contribution in [1.29, 1.82) is 0 Å². The van der Waals surface area contributed by atoms with Crippen molar-refractivity contribution in [1.82, 2.24) is 10.3 Å². The predicted octanol–water partition coefficient (Wildman–Crippen LogP) is 0.622. The maximum Gasteiger partial charge on any atom is 0.256 e. The Morgan fingerprint density at radius 2 is 2.12 bits per heavy atom. The Balaban J connectivity index is 2.69. The second-order valence-corrected chi connectivity index (χ2v) is 4.17. The molecule has 0 aliphatic carbocycles. The molecule has 0 saturated carbocycles. The molecule has 0 bridgehead atoms. The molecule has 0 saturated heterocycles. The van der Waals surface area contributed by atoms with Crippen LogP contribution in [0, 0.1) is 0 Å². The maximum atomic E-state index is 11.8. The van der Waals surface area contributed by atoms with Crippen molar-refractivity contribution in [3.63, 3.8) is 0 Å². The van der Waals surface area contributed by atoms with Crippen LogP contribution in [0.25, 0.3) is 0 Å². The van der Waals surface area contributed by atoms with Crippen molar-refractivity contribution in [2.24, 2.45) is 5.73 Å². The second-order valence-electron chi connectivity index (χ2n) is 4.17. The van der Waals surface area contributed by atoms with E-state index in [1.807, 2.05) is 13.8 Å². The fourth-order valence-corrected chi connectivity index (χ4v) is 1.45. The van der Waals surface area contributed by atoms with Gasteiger partial charge in [-0.15, -0.1) is 0 Å². The first-order valence-corrected chi connectivity index (χ1v) is 5.76. The van der Waals surface area contributed by atoms with Gasteiger partial charge in [-0.1, -0.05) is 13.8 Å². The maximum absolute atomic E-state index is 11.8. The molecule has 1 aromatic rings. The first kappa shape index (κ1) is 13.4. The van der Waals surface area contributed by atoms with Crippen molar-refractivity contribution < 1.29 is 4.79 Å². The standard InChI is InChI=1S/C12H19N3O2/c1-3-12(13,4-2)8-15-11(17)9-7-14-6-5-10(9)16/h5-7H,3-4,8,13H2,1-2H3,(H,14,16)(H,15,17). The van der Waals surface area contributed by atoms with Crippen molar-refractivity contribution in [3.8, 4) is 0 Å². The number of amides is 1. The summed E-state index contributed by atoms with van der Waals surface area (Å²) in [6, 6.07) is 1.32. The molecule has 0 unspecified atom stereocenters. The molecule has 4 N–H and O–H groups in total. The Labute approximate surface area is 100 Å². The minimum absolute atomic E-state index is 0.113. The molecule has 1 heterocycles. The lowest BCUT2D eigenvalue weighted by atomic mass is 9.94. The van der Waals surface area contributed by atoms with Gasteiger partial charge in [-0.25, -0.2) is 0 Å². The fourth-order valence-electron chi connectivity index (χ4n) is 1.45. The highest BCUT2D eigenvalue weighted by atomic mass is 16.2. The molecule has 5 heteroatoms. The smallest absolute Gasteiger partial charge is 0.256 e. The van der Waals surface area contributed by atoms with E-state index in [9.17, 15) is 9.59 Å². The Morgan fingerprint density at radius 1 is 1.47 bits per heavy atom. The second kappa shape index (κ2) is 5.63. The molecule has 17 heavy (non-hydrogen) atoms. The molecule has 1 amide bonds. The number of hydrogen-bond donors (Lipinski definition) is 3. The van der Waals surface area contributed by atoms with Crippen LogP contribution in [0.4, 0.5) is 0 Å². The van der Waals surface area contributed by atoms with Gasteiger partial charge in [0.15, 0.2) is 5.43 Å². The molecule has 0 fully saturated rings. The van der Waals surface area contributed by atoms with Crippen LogP contribution < -0.4 is 16.5 Å². The average molecular weight is 237 g/mol. The summed E-state index contributed by atoms with van der Waals surface area (Å²) in [6.07, 6.45) is 4.43. The Hall–Kier alpha value is -1.62. The van der Waals surface area contributed by atoms with Gasteiger partial charge in [0.2, 0.25) is 0 Å². The van der Waals surface area contributed by atoms with Gasteiger partial charge in [-0.05, 0) is 12.8 Å². The molecule has 0 aliphatic heterocycles. The number of carbonyl (C=O) groups excluding carboxylic acids is 1. The first-order chi connectivity index (χ1) is 8.02. The molecule has 0 aliphatic rings. The van der Waals surface area contributed by atoms with Gasteiger partial charge in [0.25, 0.3) is 5.91 Å². The van der Waals surface area contributed by atoms with Gasteiger partial charge < -0.3 is 16.0 Å². The number of nitrogens with one attached hydrogen (secondary N) is 2. The molecular weight excluding hydrogens is 218 g/mol. The topological polar surface area (TPSA) is 88.0 Å². The molecule has 0 aromatic carbocycles. The summed E-state index contributed by atoms with van der Waals surface area (Å²) in [5, 5.41) is 2.70. The number of aromatic amines is 1. The first-order valence-electron chi connectivity index (χ1n) is 5.76. The van der Waals surface area contributed by atoms with E-state index in [4.69, 9.17) is 5.73 Å². The highest BCUT2D eigenvalue weighted by Crippen LogP contribution is 2.09. The van der Waals surface area contributed by atoms with E-state index in [-0.39, 0.29) is 16.9 Å². The van der Waals surface area contributed by atoms with Gasteiger partial charge in [0.1, 0.15) is 5.56 Å². The number of H-pyrrole nitrogens is 1. The van der Waals surface area contributed by atoms with Crippen LogP contribution in [0.2, 0.25) is 0 Å². The Morgan fingerprint density at radius 3 is 2.65 bits per heavy atom. The van der Waals surface area contributed by atoms with Crippen molar-refractivity contribution in [2.75, 3.05) is 6.54 Å². The van der Waals surface area contributed by atoms with Crippen LogP contribution in [-0.4, -0.2) is 23.0 Å². The summed E-state index contributed by atoms with van der Waals surface area (Å²) in [4.78, 5) is 25.9.